The number of hydrogen-bond donors (Lipinski definition) is 1. The Hall–Kier alpha value is -1.25. The number of ether oxygens (including phenoxy) is 1. The molecule has 9 heteroatoms. The van der Waals surface area contributed by atoms with Gasteiger partial charge in [0.25, 0.3) is 0 Å². The second-order valence-corrected chi connectivity index (χ2v) is 2.97. The Morgan fingerprint density at radius 1 is 1.24 bits per heavy atom. The maximum Gasteiger partial charge on any atom is 0.400 e. The van der Waals surface area contributed by atoms with Crippen LogP contribution in [0.4, 0.5) is 26.3 Å². The van der Waals surface area contributed by atoms with Crippen molar-refractivity contribution in [3.63, 3.8) is 0 Å². The Bertz CT molecular complexity index is 268. The van der Waals surface area contributed by atoms with E-state index < -0.39 is 37.0 Å². The van der Waals surface area contributed by atoms with Gasteiger partial charge in [-0.25, -0.2) is 4.79 Å². The van der Waals surface area contributed by atoms with Crippen molar-refractivity contribution in [3.05, 3.63) is 12.7 Å². The maximum absolute atomic E-state index is 12.0. The van der Waals surface area contributed by atoms with Crippen LogP contribution in [0, 0.1) is 5.92 Å². The van der Waals surface area contributed by atoms with Gasteiger partial charge < -0.3 is 9.84 Å². The van der Waals surface area contributed by atoms with Crippen molar-refractivity contribution >= 4 is 5.97 Å². The molecule has 0 spiro atoms. The van der Waals surface area contributed by atoms with Gasteiger partial charge >= 0.3 is 18.3 Å². The highest BCUT2D eigenvalue weighted by molar-refractivity contribution is 5.81. The Morgan fingerprint density at radius 2 is 1.65 bits per heavy atom. The van der Waals surface area contributed by atoms with Crippen molar-refractivity contribution in [2.45, 2.75) is 25.1 Å². The highest BCUT2D eigenvalue weighted by atomic mass is 19.4. The molecule has 0 fully saturated rings. The number of alkyl halides is 6. The standard InChI is InChI=1S/C8H8F6O3/c1-2-5(15)17-6(16)3-4(7(9,10)11)8(12,13)14/h2,4,6,16H,1,3H2. The summed E-state index contributed by atoms with van der Waals surface area (Å²) in [4.78, 5) is 10.4. The third-order valence-corrected chi connectivity index (χ3v) is 1.65. The molecule has 0 aromatic carbocycles. The van der Waals surface area contributed by atoms with Crippen molar-refractivity contribution in [2.75, 3.05) is 0 Å². The van der Waals surface area contributed by atoms with Gasteiger partial charge in [-0.05, 0) is 0 Å². The number of hydrogen-bond acceptors (Lipinski definition) is 3. The van der Waals surface area contributed by atoms with Gasteiger partial charge in [0.2, 0.25) is 6.29 Å². The first-order valence-corrected chi connectivity index (χ1v) is 4.13. The van der Waals surface area contributed by atoms with E-state index in [0.717, 1.165) is 0 Å². The molecule has 0 bridgehead atoms. The summed E-state index contributed by atoms with van der Waals surface area (Å²) >= 11 is 0. The molecule has 0 heterocycles. The Labute approximate surface area is 91.7 Å². The van der Waals surface area contributed by atoms with E-state index in [9.17, 15) is 31.1 Å². The summed E-state index contributed by atoms with van der Waals surface area (Å²) in [7, 11) is 0. The zero-order chi connectivity index (χ0) is 13.9. The van der Waals surface area contributed by atoms with Crippen LogP contribution in [0.1, 0.15) is 6.42 Å². The van der Waals surface area contributed by atoms with Crippen LogP contribution in [0.2, 0.25) is 0 Å². The van der Waals surface area contributed by atoms with Crippen LogP contribution in [0.15, 0.2) is 12.7 Å². The molecule has 0 radical (unpaired) electrons. The topological polar surface area (TPSA) is 46.5 Å². The lowest BCUT2D eigenvalue weighted by Crippen LogP contribution is -2.39. The van der Waals surface area contributed by atoms with E-state index in [-0.39, 0.29) is 0 Å². The summed E-state index contributed by atoms with van der Waals surface area (Å²) in [6, 6.07) is 0. The number of aliphatic hydroxyl groups is 1. The van der Waals surface area contributed by atoms with Gasteiger partial charge in [-0.2, -0.15) is 26.3 Å². The Kier molecular flexibility index (Phi) is 4.99. The van der Waals surface area contributed by atoms with E-state index in [1.165, 1.54) is 0 Å². The van der Waals surface area contributed by atoms with E-state index in [1.807, 2.05) is 0 Å². The van der Waals surface area contributed by atoms with Gasteiger partial charge in [0, 0.05) is 12.5 Å². The molecule has 0 aliphatic heterocycles. The molecule has 1 unspecified atom stereocenters. The highest BCUT2D eigenvalue weighted by Crippen LogP contribution is 2.41. The maximum atomic E-state index is 12.0. The lowest BCUT2D eigenvalue weighted by Gasteiger charge is -2.24. The van der Waals surface area contributed by atoms with Crippen molar-refractivity contribution in [1.29, 1.82) is 0 Å². The molecule has 1 atom stereocenters. The molecular weight excluding hydrogens is 258 g/mol. The van der Waals surface area contributed by atoms with Crippen LogP contribution in [0.3, 0.4) is 0 Å². The first kappa shape index (κ1) is 15.8. The van der Waals surface area contributed by atoms with Gasteiger partial charge in [-0.3, -0.25) is 0 Å². The number of rotatable bonds is 4. The number of carbonyl (C=O) groups is 1. The molecule has 1 N–H and O–H groups in total. The van der Waals surface area contributed by atoms with Crippen molar-refractivity contribution in [2.24, 2.45) is 5.92 Å². The monoisotopic (exact) mass is 266 g/mol. The summed E-state index contributed by atoms with van der Waals surface area (Å²) in [6.07, 6.45) is -15.0. The van der Waals surface area contributed by atoms with Crippen LogP contribution in [0.5, 0.6) is 0 Å². The molecule has 3 nitrogen and oxygen atoms in total. The molecule has 0 amide bonds. The molecule has 17 heavy (non-hydrogen) atoms. The average Bonchev–Trinajstić information content (AvgIpc) is 2.10. The molecule has 0 aromatic rings. The quantitative estimate of drug-likeness (QED) is 0.367. The van der Waals surface area contributed by atoms with Gasteiger partial charge in [-0.15, -0.1) is 0 Å². The fourth-order valence-corrected chi connectivity index (χ4v) is 0.885. The van der Waals surface area contributed by atoms with Gasteiger partial charge in [0.05, 0.1) is 0 Å². The van der Waals surface area contributed by atoms with Crippen LogP contribution in [-0.4, -0.2) is 29.7 Å². The summed E-state index contributed by atoms with van der Waals surface area (Å²) in [5, 5.41) is 8.76. The second-order valence-electron chi connectivity index (χ2n) is 2.97. The fourth-order valence-electron chi connectivity index (χ4n) is 0.885. The third-order valence-electron chi connectivity index (χ3n) is 1.65. The molecule has 0 aromatic heterocycles. The summed E-state index contributed by atoms with van der Waals surface area (Å²) in [6.45, 7) is 2.86. The summed E-state index contributed by atoms with van der Waals surface area (Å²) in [5.41, 5.74) is 0. The smallest absolute Gasteiger partial charge is 0.400 e. The van der Waals surface area contributed by atoms with E-state index in [0.29, 0.717) is 6.08 Å². The normalized spacial score (nSPS) is 14.6. The minimum absolute atomic E-state index is 0.499. The zero-order valence-electron chi connectivity index (χ0n) is 8.18. The van der Waals surface area contributed by atoms with Crippen molar-refractivity contribution in [3.8, 4) is 0 Å². The number of halogens is 6. The SMILES string of the molecule is C=CC(=O)OC(O)CC(C(F)(F)F)C(F)(F)F. The molecule has 0 saturated carbocycles. The van der Waals surface area contributed by atoms with Gasteiger partial charge in [0.1, 0.15) is 0 Å². The number of aliphatic hydroxyl groups excluding tert-OH is 1. The Morgan fingerprint density at radius 3 is 1.94 bits per heavy atom. The predicted molar refractivity (Wildman–Crippen MR) is 42.5 cm³/mol. The Balaban J connectivity index is 4.67. The molecule has 100 valence electrons. The molecule has 0 rings (SSSR count). The average molecular weight is 266 g/mol. The van der Waals surface area contributed by atoms with Crippen LogP contribution >= 0.6 is 0 Å². The third kappa shape index (κ3) is 5.57. The molecule has 0 saturated heterocycles. The molecular formula is C8H8F6O3. The minimum atomic E-state index is -5.58. The van der Waals surface area contributed by atoms with Crippen LogP contribution < -0.4 is 0 Å². The van der Waals surface area contributed by atoms with E-state index in [2.05, 4.69) is 11.3 Å². The first-order valence-electron chi connectivity index (χ1n) is 4.13. The van der Waals surface area contributed by atoms with E-state index in [4.69, 9.17) is 5.11 Å². The first-order chi connectivity index (χ1) is 7.48. The van der Waals surface area contributed by atoms with Gasteiger partial charge in [0.15, 0.2) is 5.92 Å². The lowest BCUT2D eigenvalue weighted by atomic mass is 10.0. The lowest BCUT2D eigenvalue weighted by molar-refractivity contribution is -0.297. The van der Waals surface area contributed by atoms with E-state index >= 15 is 0 Å². The number of carbonyl (C=O) groups excluding carboxylic acids is 1. The summed E-state index contributed by atoms with van der Waals surface area (Å²) < 4.78 is 75.8. The molecule has 0 aliphatic carbocycles. The van der Waals surface area contributed by atoms with Crippen LogP contribution in [-0.2, 0) is 9.53 Å². The van der Waals surface area contributed by atoms with Crippen molar-refractivity contribution < 1.29 is 41.0 Å². The van der Waals surface area contributed by atoms with Crippen LogP contribution in [0.25, 0.3) is 0 Å². The van der Waals surface area contributed by atoms with Gasteiger partial charge in [-0.1, -0.05) is 6.58 Å². The fraction of sp³-hybridized carbons (Fsp3) is 0.625. The number of esters is 1. The summed E-state index contributed by atoms with van der Waals surface area (Å²) in [5.74, 6) is -5.08. The van der Waals surface area contributed by atoms with E-state index in [1.54, 1.807) is 0 Å². The second kappa shape index (κ2) is 5.39. The zero-order valence-corrected chi connectivity index (χ0v) is 8.18. The predicted octanol–water partition coefficient (Wildman–Crippen LogP) is 2.16. The molecule has 0 aliphatic rings. The minimum Gasteiger partial charge on any atom is -0.433 e. The highest BCUT2D eigenvalue weighted by Gasteiger charge is 2.57. The largest absolute Gasteiger partial charge is 0.433 e. The van der Waals surface area contributed by atoms with Crippen molar-refractivity contribution in [1.82, 2.24) is 0 Å².